The first-order valence-electron chi connectivity index (χ1n) is 7.63. The second kappa shape index (κ2) is 7.41. The van der Waals surface area contributed by atoms with E-state index in [-0.39, 0.29) is 0 Å². The fourth-order valence-corrected chi connectivity index (χ4v) is 2.48. The van der Waals surface area contributed by atoms with Crippen LogP contribution in [-0.4, -0.2) is 17.1 Å². The van der Waals surface area contributed by atoms with Gasteiger partial charge in [-0.15, -0.1) is 0 Å². The summed E-state index contributed by atoms with van der Waals surface area (Å²) in [6, 6.07) is 17.0. The van der Waals surface area contributed by atoms with E-state index >= 15 is 0 Å². The predicted molar refractivity (Wildman–Crippen MR) is 99.4 cm³/mol. The highest BCUT2D eigenvalue weighted by Gasteiger charge is 2.06. The summed E-state index contributed by atoms with van der Waals surface area (Å²) in [4.78, 5) is 2.06. The average Bonchev–Trinajstić information content (AvgIpc) is 2.47. The number of nitrogens with one attached hydrogen (secondary N) is 1. The molecule has 22 heavy (non-hydrogen) atoms. The number of hydrogen-bond donors (Lipinski definition) is 1. The maximum absolute atomic E-state index is 5.48. The molecule has 0 heterocycles. The second-order valence-corrected chi connectivity index (χ2v) is 6.44. The van der Waals surface area contributed by atoms with Gasteiger partial charge in [-0.25, -0.2) is 0 Å². The summed E-state index contributed by atoms with van der Waals surface area (Å²) in [7, 11) is 2.02. The molecule has 116 valence electrons. The van der Waals surface area contributed by atoms with Crippen molar-refractivity contribution in [3.63, 3.8) is 0 Å². The van der Waals surface area contributed by atoms with Gasteiger partial charge in [0, 0.05) is 19.3 Å². The van der Waals surface area contributed by atoms with Crippen LogP contribution in [0.3, 0.4) is 0 Å². The van der Waals surface area contributed by atoms with E-state index in [0.717, 1.165) is 17.3 Å². The van der Waals surface area contributed by atoms with Gasteiger partial charge < -0.3 is 10.2 Å². The minimum Gasteiger partial charge on any atom is -0.348 e. The number of anilines is 1. The Morgan fingerprint density at radius 2 is 1.82 bits per heavy atom. The highest BCUT2D eigenvalue weighted by molar-refractivity contribution is 7.80. The van der Waals surface area contributed by atoms with Crippen LogP contribution in [0.15, 0.2) is 48.5 Å². The van der Waals surface area contributed by atoms with Gasteiger partial charge >= 0.3 is 0 Å². The first-order valence-corrected chi connectivity index (χ1v) is 8.04. The highest BCUT2D eigenvalue weighted by atomic mass is 32.1. The van der Waals surface area contributed by atoms with Gasteiger partial charge in [0.15, 0.2) is 5.11 Å². The number of benzene rings is 2. The number of thiocarbonyl (C=S) groups is 1. The van der Waals surface area contributed by atoms with Gasteiger partial charge in [-0.3, -0.25) is 0 Å². The molecule has 2 rings (SSSR count). The second-order valence-electron chi connectivity index (χ2n) is 6.05. The van der Waals surface area contributed by atoms with E-state index < -0.39 is 0 Å². The Kier molecular flexibility index (Phi) is 5.56. The molecule has 0 saturated carbocycles. The van der Waals surface area contributed by atoms with Gasteiger partial charge in [0.1, 0.15) is 0 Å². The molecule has 1 N–H and O–H groups in total. The maximum Gasteiger partial charge on any atom is 0.173 e. The van der Waals surface area contributed by atoms with Crippen molar-refractivity contribution in [2.75, 3.05) is 12.4 Å². The minimum atomic E-state index is 0.566. The Morgan fingerprint density at radius 3 is 2.41 bits per heavy atom. The molecule has 0 unspecified atom stereocenters. The summed E-state index contributed by atoms with van der Waals surface area (Å²) in [5, 5.41) is 4.02. The Bertz CT molecular complexity index is 632. The Labute approximate surface area is 139 Å². The molecule has 0 saturated heterocycles. The summed E-state index contributed by atoms with van der Waals surface area (Å²) in [5.74, 6) is 0.566. The first-order chi connectivity index (χ1) is 10.5. The SMILES string of the molecule is Cc1cccc(NC(=S)N(C)Cc2ccc(C(C)C)cc2)c1. The zero-order valence-corrected chi connectivity index (χ0v) is 14.6. The molecule has 0 fully saturated rings. The van der Waals surface area contributed by atoms with E-state index in [1.807, 2.05) is 19.2 Å². The summed E-state index contributed by atoms with van der Waals surface area (Å²) in [6.07, 6.45) is 0. The van der Waals surface area contributed by atoms with Crippen molar-refractivity contribution in [2.45, 2.75) is 33.2 Å². The van der Waals surface area contributed by atoms with Crippen molar-refractivity contribution in [3.05, 3.63) is 65.2 Å². The van der Waals surface area contributed by atoms with E-state index in [4.69, 9.17) is 12.2 Å². The summed E-state index contributed by atoms with van der Waals surface area (Å²) < 4.78 is 0. The fourth-order valence-electron chi connectivity index (χ4n) is 2.30. The van der Waals surface area contributed by atoms with Crippen LogP contribution in [-0.2, 0) is 6.54 Å². The number of aryl methyl sites for hydroxylation is 1. The standard InChI is InChI=1S/C19H24N2S/c1-14(2)17-10-8-16(9-11-17)13-21(4)19(22)20-18-7-5-6-15(3)12-18/h5-12,14H,13H2,1-4H3,(H,20,22). The molecule has 2 nitrogen and oxygen atoms in total. The van der Waals surface area contributed by atoms with Gasteiger partial charge in [0.2, 0.25) is 0 Å². The third-order valence-electron chi connectivity index (χ3n) is 3.68. The van der Waals surface area contributed by atoms with E-state index in [0.29, 0.717) is 5.92 Å². The number of hydrogen-bond acceptors (Lipinski definition) is 1. The van der Waals surface area contributed by atoms with Crippen molar-refractivity contribution in [2.24, 2.45) is 0 Å². The lowest BCUT2D eigenvalue weighted by Crippen LogP contribution is -2.30. The molecule has 0 aliphatic carbocycles. The van der Waals surface area contributed by atoms with Gasteiger partial charge in [0.05, 0.1) is 0 Å². The van der Waals surface area contributed by atoms with Crippen molar-refractivity contribution in [1.29, 1.82) is 0 Å². The molecule has 0 aromatic heterocycles. The molecule has 2 aromatic carbocycles. The van der Waals surface area contributed by atoms with E-state index in [9.17, 15) is 0 Å². The van der Waals surface area contributed by atoms with Crippen LogP contribution in [0.5, 0.6) is 0 Å². The molecular weight excluding hydrogens is 288 g/mol. The van der Waals surface area contributed by atoms with E-state index in [1.165, 1.54) is 16.7 Å². The maximum atomic E-state index is 5.48. The largest absolute Gasteiger partial charge is 0.348 e. The van der Waals surface area contributed by atoms with Crippen molar-refractivity contribution < 1.29 is 0 Å². The fraction of sp³-hybridized carbons (Fsp3) is 0.316. The van der Waals surface area contributed by atoms with Crippen LogP contribution in [0.4, 0.5) is 5.69 Å². The first kappa shape index (κ1) is 16.5. The molecule has 0 bridgehead atoms. The molecule has 0 atom stereocenters. The van der Waals surface area contributed by atoms with Crippen molar-refractivity contribution in [3.8, 4) is 0 Å². The van der Waals surface area contributed by atoms with Crippen molar-refractivity contribution >= 4 is 23.0 Å². The molecular formula is C19H24N2S. The average molecular weight is 312 g/mol. The predicted octanol–water partition coefficient (Wildman–Crippen LogP) is 4.95. The monoisotopic (exact) mass is 312 g/mol. The summed E-state index contributed by atoms with van der Waals surface area (Å²) in [6.45, 7) is 7.30. The summed E-state index contributed by atoms with van der Waals surface area (Å²) >= 11 is 5.48. The van der Waals surface area contributed by atoms with Gasteiger partial charge in [-0.2, -0.15) is 0 Å². The Balaban J connectivity index is 1.96. The van der Waals surface area contributed by atoms with Crippen LogP contribution < -0.4 is 5.32 Å². The third-order valence-corrected chi connectivity index (χ3v) is 4.10. The smallest absolute Gasteiger partial charge is 0.173 e. The Hall–Kier alpha value is -1.87. The van der Waals surface area contributed by atoms with E-state index in [1.54, 1.807) is 0 Å². The van der Waals surface area contributed by atoms with Crippen LogP contribution in [0.25, 0.3) is 0 Å². The van der Waals surface area contributed by atoms with Crippen LogP contribution >= 0.6 is 12.2 Å². The van der Waals surface area contributed by atoms with Crippen LogP contribution in [0.2, 0.25) is 0 Å². The molecule has 0 amide bonds. The third kappa shape index (κ3) is 4.57. The summed E-state index contributed by atoms with van der Waals surface area (Å²) in [5.41, 5.74) is 4.89. The number of rotatable bonds is 4. The molecule has 3 heteroatoms. The van der Waals surface area contributed by atoms with Gasteiger partial charge in [0.25, 0.3) is 0 Å². The molecule has 0 radical (unpaired) electrons. The minimum absolute atomic E-state index is 0.566. The lowest BCUT2D eigenvalue weighted by Gasteiger charge is -2.21. The quantitative estimate of drug-likeness (QED) is 0.804. The lowest BCUT2D eigenvalue weighted by atomic mass is 10.0. The normalized spacial score (nSPS) is 10.6. The van der Waals surface area contributed by atoms with Crippen LogP contribution in [0.1, 0.15) is 36.5 Å². The van der Waals surface area contributed by atoms with Gasteiger partial charge in [-0.05, 0) is 53.9 Å². The lowest BCUT2D eigenvalue weighted by molar-refractivity contribution is 0.508. The van der Waals surface area contributed by atoms with E-state index in [2.05, 4.69) is 67.4 Å². The van der Waals surface area contributed by atoms with Crippen molar-refractivity contribution in [1.82, 2.24) is 4.90 Å². The Morgan fingerprint density at radius 1 is 1.14 bits per heavy atom. The zero-order chi connectivity index (χ0) is 16.1. The van der Waals surface area contributed by atoms with Crippen LogP contribution in [0, 0.1) is 6.92 Å². The topological polar surface area (TPSA) is 15.3 Å². The molecule has 2 aromatic rings. The number of nitrogens with zero attached hydrogens (tertiary/aromatic N) is 1. The molecule has 0 spiro atoms. The molecule has 0 aliphatic heterocycles. The zero-order valence-electron chi connectivity index (χ0n) is 13.8. The van der Waals surface area contributed by atoms with Gasteiger partial charge in [-0.1, -0.05) is 50.2 Å². The molecule has 0 aliphatic rings. The highest BCUT2D eigenvalue weighted by Crippen LogP contribution is 2.16.